The van der Waals surface area contributed by atoms with Gasteiger partial charge < -0.3 is 15.2 Å². The zero-order chi connectivity index (χ0) is 15.5. The molecule has 7 heteroatoms. The Kier molecular flexibility index (Phi) is 3.53. The Morgan fingerprint density at radius 1 is 1.23 bits per heavy atom. The Labute approximate surface area is 125 Å². The van der Waals surface area contributed by atoms with Crippen molar-refractivity contribution in [2.24, 2.45) is 0 Å². The smallest absolute Gasteiger partial charge is 0.337 e. The average molecular weight is 296 g/mol. The van der Waals surface area contributed by atoms with E-state index in [0.29, 0.717) is 28.2 Å². The Morgan fingerprint density at radius 3 is 2.86 bits per heavy atom. The molecule has 0 aliphatic heterocycles. The van der Waals surface area contributed by atoms with Crippen molar-refractivity contribution in [1.29, 1.82) is 0 Å². The lowest BCUT2D eigenvalue weighted by Crippen LogP contribution is -1.98. The number of ether oxygens (including phenoxy) is 1. The second kappa shape index (κ2) is 5.65. The van der Waals surface area contributed by atoms with Gasteiger partial charge in [-0.25, -0.2) is 14.8 Å². The lowest BCUT2D eigenvalue weighted by atomic mass is 10.1. The summed E-state index contributed by atoms with van der Waals surface area (Å²) in [6, 6.07) is 6.76. The van der Waals surface area contributed by atoms with E-state index >= 15 is 0 Å². The van der Waals surface area contributed by atoms with Gasteiger partial charge in [-0.1, -0.05) is 0 Å². The lowest BCUT2D eigenvalue weighted by molar-refractivity contribution is 0.0698. The summed E-state index contributed by atoms with van der Waals surface area (Å²) in [5.41, 5.74) is 0.156. The average Bonchev–Trinajstić information content (AvgIpc) is 2.54. The number of pyridine rings is 1. The predicted octanol–water partition coefficient (Wildman–Crippen LogP) is 2.56. The topological polar surface area (TPSA) is 97.2 Å². The first-order valence-corrected chi connectivity index (χ1v) is 6.46. The van der Waals surface area contributed by atoms with Crippen LogP contribution in [0.15, 0.2) is 43.0 Å². The number of nitrogens with zero attached hydrogens (tertiary/aromatic N) is 3. The number of carboxylic acid groups (broad SMARTS) is 1. The summed E-state index contributed by atoms with van der Waals surface area (Å²) >= 11 is 0. The molecule has 2 heterocycles. The van der Waals surface area contributed by atoms with Crippen molar-refractivity contribution < 1.29 is 14.6 Å². The molecular weight excluding hydrogens is 284 g/mol. The minimum absolute atomic E-state index is 0.156. The van der Waals surface area contributed by atoms with Gasteiger partial charge in [0.1, 0.15) is 17.9 Å². The highest BCUT2D eigenvalue weighted by Gasteiger charge is 2.10. The van der Waals surface area contributed by atoms with Crippen molar-refractivity contribution in [3.05, 3.63) is 48.5 Å². The van der Waals surface area contributed by atoms with Crippen molar-refractivity contribution in [1.82, 2.24) is 15.0 Å². The first-order chi connectivity index (χ1) is 10.7. The van der Waals surface area contributed by atoms with Crippen molar-refractivity contribution in [3.63, 3.8) is 0 Å². The fourth-order valence-corrected chi connectivity index (χ4v) is 2.04. The van der Waals surface area contributed by atoms with Gasteiger partial charge in [0.05, 0.1) is 5.56 Å². The molecule has 0 fully saturated rings. The zero-order valence-corrected chi connectivity index (χ0v) is 11.6. The summed E-state index contributed by atoms with van der Waals surface area (Å²) in [5.74, 6) is 0.556. The Hall–Kier alpha value is -3.22. The van der Waals surface area contributed by atoms with Gasteiger partial charge in [0, 0.05) is 30.9 Å². The van der Waals surface area contributed by atoms with Crippen LogP contribution in [0.3, 0.4) is 0 Å². The van der Waals surface area contributed by atoms with Gasteiger partial charge in [0.2, 0.25) is 5.88 Å². The number of hydrogen-bond acceptors (Lipinski definition) is 6. The van der Waals surface area contributed by atoms with Crippen LogP contribution in [0.2, 0.25) is 0 Å². The van der Waals surface area contributed by atoms with E-state index < -0.39 is 5.97 Å². The number of aromatic nitrogens is 3. The summed E-state index contributed by atoms with van der Waals surface area (Å²) in [5, 5.41) is 13.3. The maximum Gasteiger partial charge on any atom is 0.337 e. The molecule has 0 radical (unpaired) electrons. The molecule has 0 atom stereocenters. The molecule has 7 nitrogen and oxygen atoms in total. The minimum atomic E-state index is -1.01. The fourth-order valence-electron chi connectivity index (χ4n) is 2.04. The van der Waals surface area contributed by atoms with Crippen molar-refractivity contribution in [3.8, 4) is 11.6 Å². The molecule has 0 amide bonds. The highest BCUT2D eigenvalue weighted by molar-refractivity contribution is 6.03. The number of nitrogens with one attached hydrogen (secondary N) is 1. The quantitative estimate of drug-likeness (QED) is 0.763. The Bertz CT molecular complexity index is 851. The van der Waals surface area contributed by atoms with Crippen LogP contribution in [0.25, 0.3) is 10.8 Å². The summed E-state index contributed by atoms with van der Waals surface area (Å²) in [7, 11) is 1.75. The van der Waals surface area contributed by atoms with Crippen LogP contribution >= 0.6 is 0 Å². The monoisotopic (exact) mass is 296 g/mol. The highest BCUT2D eigenvalue weighted by Crippen LogP contribution is 2.26. The van der Waals surface area contributed by atoms with E-state index in [2.05, 4.69) is 20.3 Å². The number of anilines is 1. The van der Waals surface area contributed by atoms with Crippen LogP contribution in [0.5, 0.6) is 11.6 Å². The van der Waals surface area contributed by atoms with Gasteiger partial charge in [-0.3, -0.25) is 4.98 Å². The SMILES string of the molecule is CNc1cc(Oc2ccc3c(C(=O)O)cncc3c2)ncn1. The lowest BCUT2D eigenvalue weighted by Gasteiger charge is -2.08. The molecule has 0 saturated heterocycles. The molecule has 3 aromatic rings. The number of fused-ring (bicyclic) bond motifs is 1. The molecule has 2 N–H and O–H groups in total. The molecule has 110 valence electrons. The minimum Gasteiger partial charge on any atom is -0.478 e. The van der Waals surface area contributed by atoms with Gasteiger partial charge in [-0.05, 0) is 23.6 Å². The van der Waals surface area contributed by atoms with Crippen molar-refractivity contribution >= 4 is 22.6 Å². The number of benzene rings is 1. The number of carbonyl (C=O) groups is 1. The second-order valence-electron chi connectivity index (χ2n) is 4.47. The maximum absolute atomic E-state index is 11.2. The molecule has 0 aliphatic carbocycles. The predicted molar refractivity (Wildman–Crippen MR) is 80.4 cm³/mol. The number of hydrogen-bond donors (Lipinski definition) is 2. The van der Waals surface area contributed by atoms with Crippen LogP contribution in [0.4, 0.5) is 5.82 Å². The zero-order valence-electron chi connectivity index (χ0n) is 11.6. The third-order valence-corrected chi connectivity index (χ3v) is 3.08. The summed E-state index contributed by atoms with van der Waals surface area (Å²) in [6.07, 6.45) is 4.31. The molecule has 2 aromatic heterocycles. The van der Waals surface area contributed by atoms with E-state index in [1.165, 1.54) is 12.5 Å². The van der Waals surface area contributed by atoms with E-state index in [9.17, 15) is 4.79 Å². The van der Waals surface area contributed by atoms with Crippen LogP contribution in [0.1, 0.15) is 10.4 Å². The second-order valence-corrected chi connectivity index (χ2v) is 4.47. The largest absolute Gasteiger partial charge is 0.478 e. The molecule has 0 bridgehead atoms. The van der Waals surface area contributed by atoms with E-state index in [1.54, 1.807) is 37.5 Å². The molecule has 0 spiro atoms. The van der Waals surface area contributed by atoms with Crippen LogP contribution in [-0.2, 0) is 0 Å². The van der Waals surface area contributed by atoms with E-state index in [0.717, 1.165) is 0 Å². The Balaban J connectivity index is 1.97. The molecule has 3 rings (SSSR count). The van der Waals surface area contributed by atoms with Crippen molar-refractivity contribution in [2.75, 3.05) is 12.4 Å². The molecule has 0 aliphatic rings. The van der Waals surface area contributed by atoms with Crippen LogP contribution < -0.4 is 10.1 Å². The van der Waals surface area contributed by atoms with E-state index in [1.807, 2.05) is 0 Å². The normalized spacial score (nSPS) is 10.4. The number of rotatable bonds is 4. The molecule has 0 unspecified atom stereocenters. The molecular formula is C15H12N4O3. The maximum atomic E-state index is 11.2. The van der Waals surface area contributed by atoms with Crippen LogP contribution in [0, 0.1) is 0 Å². The van der Waals surface area contributed by atoms with E-state index in [4.69, 9.17) is 9.84 Å². The van der Waals surface area contributed by atoms with E-state index in [-0.39, 0.29) is 5.56 Å². The number of aromatic carboxylic acids is 1. The standard InChI is InChI=1S/C15H12N4O3/c1-16-13-5-14(19-8-18-13)22-10-2-3-11-9(4-10)6-17-7-12(11)15(20)21/h2-8H,1H3,(H,20,21)(H,16,18,19). The van der Waals surface area contributed by atoms with Gasteiger partial charge >= 0.3 is 5.97 Å². The molecule has 1 aromatic carbocycles. The first-order valence-electron chi connectivity index (χ1n) is 6.46. The van der Waals surface area contributed by atoms with Gasteiger partial charge in [0.15, 0.2) is 0 Å². The van der Waals surface area contributed by atoms with Gasteiger partial charge in [-0.15, -0.1) is 0 Å². The first kappa shape index (κ1) is 13.7. The summed E-state index contributed by atoms with van der Waals surface area (Å²) in [4.78, 5) is 23.1. The number of carboxylic acids is 1. The summed E-state index contributed by atoms with van der Waals surface area (Å²) < 4.78 is 5.66. The Morgan fingerprint density at radius 2 is 2.09 bits per heavy atom. The van der Waals surface area contributed by atoms with Crippen molar-refractivity contribution in [2.45, 2.75) is 0 Å². The third kappa shape index (κ3) is 2.64. The van der Waals surface area contributed by atoms with Gasteiger partial charge in [0.25, 0.3) is 0 Å². The molecule has 0 saturated carbocycles. The molecule has 22 heavy (non-hydrogen) atoms. The van der Waals surface area contributed by atoms with Crippen LogP contribution in [-0.4, -0.2) is 33.1 Å². The third-order valence-electron chi connectivity index (χ3n) is 3.08. The summed E-state index contributed by atoms with van der Waals surface area (Å²) in [6.45, 7) is 0. The van der Waals surface area contributed by atoms with Gasteiger partial charge in [-0.2, -0.15) is 0 Å². The fraction of sp³-hybridized carbons (Fsp3) is 0.0667. The highest BCUT2D eigenvalue weighted by atomic mass is 16.5.